The minimum Gasteiger partial charge on any atom is -0.459 e. The summed E-state index contributed by atoms with van der Waals surface area (Å²) in [6.07, 6.45) is 0.753. The van der Waals surface area contributed by atoms with Gasteiger partial charge in [0.15, 0.2) is 0 Å². The molecule has 3 aromatic carbocycles. The Labute approximate surface area is 228 Å². The van der Waals surface area contributed by atoms with Crippen molar-refractivity contribution in [1.29, 1.82) is 0 Å². The first-order chi connectivity index (χ1) is 18.6. The number of benzene rings is 3. The lowest BCUT2D eigenvalue weighted by Gasteiger charge is -2.22. The first-order valence-electron chi connectivity index (χ1n) is 13.2. The van der Waals surface area contributed by atoms with Crippen LogP contribution in [0, 0.1) is 0 Å². The molecule has 200 valence electrons. The number of esters is 1. The third-order valence-electron chi connectivity index (χ3n) is 7.03. The smallest absolute Gasteiger partial charge is 0.418 e. The number of hydrogen-bond acceptors (Lipinski definition) is 6. The molecule has 7 nitrogen and oxygen atoms in total. The van der Waals surface area contributed by atoms with Crippen LogP contribution in [0.2, 0.25) is 0 Å². The van der Waals surface area contributed by atoms with Crippen LogP contribution >= 0.6 is 0 Å². The monoisotopic (exact) mass is 524 g/mol. The molecule has 0 saturated carbocycles. The number of fused-ring (bicyclic) bond motifs is 2. The highest BCUT2D eigenvalue weighted by Crippen LogP contribution is 2.48. The molecule has 0 aromatic heterocycles. The van der Waals surface area contributed by atoms with E-state index >= 15 is 0 Å². The highest BCUT2D eigenvalue weighted by Gasteiger charge is 2.58. The molecule has 5 rings (SSSR count). The summed E-state index contributed by atoms with van der Waals surface area (Å²) in [4.78, 5) is 44.8. The number of carbonyl (C=O) groups is 3. The van der Waals surface area contributed by atoms with E-state index < -0.39 is 35.7 Å². The van der Waals surface area contributed by atoms with Crippen molar-refractivity contribution < 1.29 is 23.9 Å². The van der Waals surface area contributed by atoms with Gasteiger partial charge in [-0.15, -0.1) is 0 Å². The van der Waals surface area contributed by atoms with Crippen LogP contribution in [0.3, 0.4) is 0 Å². The molecule has 1 aliphatic carbocycles. The summed E-state index contributed by atoms with van der Waals surface area (Å²) in [6, 6.07) is 23.8. The molecule has 1 unspecified atom stereocenters. The Morgan fingerprint density at radius 3 is 2.15 bits per heavy atom. The maximum absolute atomic E-state index is 13.6. The van der Waals surface area contributed by atoms with Gasteiger partial charge in [-0.05, 0) is 50.8 Å². The Bertz CT molecular complexity index is 1420. The fourth-order valence-corrected chi connectivity index (χ4v) is 5.40. The third-order valence-corrected chi connectivity index (χ3v) is 7.03. The second kappa shape index (κ2) is 10.1. The van der Waals surface area contributed by atoms with Crippen molar-refractivity contribution in [3.8, 4) is 0 Å². The largest absolute Gasteiger partial charge is 0.459 e. The van der Waals surface area contributed by atoms with Gasteiger partial charge in [-0.2, -0.15) is 0 Å². The SMILES string of the molecule is CCc1c(N=C(c2ccccc2)c2ccccc2)ccc2c1CCC21OC(=O)N(CC(=O)OC(C)(C)C)C1=O. The second-order valence-corrected chi connectivity index (χ2v) is 10.8. The number of carbonyl (C=O) groups excluding carboxylic acids is 3. The molecule has 0 bridgehead atoms. The maximum Gasteiger partial charge on any atom is 0.418 e. The molecule has 0 N–H and O–H groups in total. The van der Waals surface area contributed by atoms with Crippen molar-refractivity contribution >= 4 is 29.4 Å². The summed E-state index contributed by atoms with van der Waals surface area (Å²) in [5.74, 6) is -1.18. The Morgan fingerprint density at radius 2 is 1.59 bits per heavy atom. The van der Waals surface area contributed by atoms with E-state index in [1.807, 2.05) is 72.8 Å². The summed E-state index contributed by atoms with van der Waals surface area (Å²) >= 11 is 0. The van der Waals surface area contributed by atoms with Crippen molar-refractivity contribution in [1.82, 2.24) is 4.90 Å². The Balaban J connectivity index is 1.53. The molecule has 7 heteroatoms. The summed E-state index contributed by atoms with van der Waals surface area (Å²) in [6.45, 7) is 6.78. The highest BCUT2D eigenvalue weighted by atomic mass is 16.6. The zero-order valence-electron chi connectivity index (χ0n) is 22.7. The van der Waals surface area contributed by atoms with E-state index in [0.29, 0.717) is 24.8 Å². The first-order valence-corrected chi connectivity index (χ1v) is 13.2. The van der Waals surface area contributed by atoms with Crippen molar-refractivity contribution in [3.63, 3.8) is 0 Å². The zero-order chi connectivity index (χ0) is 27.8. The van der Waals surface area contributed by atoms with Crippen molar-refractivity contribution in [2.24, 2.45) is 4.99 Å². The van der Waals surface area contributed by atoms with Gasteiger partial charge in [0.25, 0.3) is 5.91 Å². The molecule has 1 fully saturated rings. The Hall–Kier alpha value is -4.26. The standard InChI is InChI=1S/C32H32N2O5/c1-5-23-24-18-19-32(29(36)34(30(37)39-32)20-27(35)38-31(2,3)4)25(24)16-17-26(23)33-28(21-12-8-6-9-13-21)22-14-10-7-11-15-22/h6-17H,5,18-20H2,1-4H3. The minimum absolute atomic E-state index is 0.322. The first kappa shape index (κ1) is 26.4. The van der Waals surface area contributed by atoms with Crippen LogP contribution in [0.4, 0.5) is 10.5 Å². The molecule has 2 aliphatic rings. The van der Waals surface area contributed by atoms with Crippen molar-refractivity contribution in [2.45, 2.75) is 58.2 Å². The predicted molar refractivity (Wildman–Crippen MR) is 148 cm³/mol. The molecule has 0 radical (unpaired) electrons. The van der Waals surface area contributed by atoms with E-state index in [1.165, 1.54) is 0 Å². The molecule has 39 heavy (non-hydrogen) atoms. The number of ether oxygens (including phenoxy) is 2. The van der Waals surface area contributed by atoms with Crippen LogP contribution in [-0.4, -0.2) is 40.7 Å². The fourth-order valence-electron chi connectivity index (χ4n) is 5.40. The van der Waals surface area contributed by atoms with E-state index in [-0.39, 0.29) is 0 Å². The zero-order valence-corrected chi connectivity index (χ0v) is 22.7. The van der Waals surface area contributed by atoms with Gasteiger partial charge < -0.3 is 9.47 Å². The van der Waals surface area contributed by atoms with E-state index in [2.05, 4.69) is 6.92 Å². The van der Waals surface area contributed by atoms with Gasteiger partial charge >= 0.3 is 12.1 Å². The van der Waals surface area contributed by atoms with Crippen LogP contribution in [0.5, 0.6) is 0 Å². The molecule has 1 heterocycles. The lowest BCUT2D eigenvalue weighted by atomic mass is 9.92. The quantitative estimate of drug-likeness (QED) is 0.297. The molecule has 1 spiro atoms. The molecule has 1 atom stereocenters. The van der Waals surface area contributed by atoms with Gasteiger partial charge in [-0.1, -0.05) is 73.7 Å². The molecule has 2 amide bonds. The third kappa shape index (κ3) is 4.97. The predicted octanol–water partition coefficient (Wildman–Crippen LogP) is 5.88. The molecular formula is C32H32N2O5. The fraction of sp³-hybridized carbons (Fsp3) is 0.312. The van der Waals surface area contributed by atoms with Gasteiger partial charge in [-0.25, -0.2) is 14.7 Å². The number of imide groups is 1. The summed E-state index contributed by atoms with van der Waals surface area (Å²) < 4.78 is 11.1. The van der Waals surface area contributed by atoms with Crippen LogP contribution in [0.1, 0.15) is 61.9 Å². The molecule has 1 saturated heterocycles. The van der Waals surface area contributed by atoms with Crippen LogP contribution < -0.4 is 0 Å². The normalized spacial score (nSPS) is 18.2. The number of hydrogen-bond donors (Lipinski definition) is 0. The van der Waals surface area contributed by atoms with Gasteiger partial charge in [-0.3, -0.25) is 9.59 Å². The van der Waals surface area contributed by atoms with Crippen LogP contribution in [0.25, 0.3) is 0 Å². The number of rotatable bonds is 6. The lowest BCUT2D eigenvalue weighted by Crippen LogP contribution is -2.41. The van der Waals surface area contributed by atoms with Gasteiger partial charge in [0, 0.05) is 23.1 Å². The lowest BCUT2D eigenvalue weighted by molar-refractivity contribution is -0.157. The minimum atomic E-state index is -1.43. The van der Waals surface area contributed by atoms with E-state index in [0.717, 1.165) is 38.6 Å². The molecular weight excluding hydrogens is 492 g/mol. The summed E-state index contributed by atoms with van der Waals surface area (Å²) in [5, 5.41) is 0. The maximum atomic E-state index is 13.6. The summed E-state index contributed by atoms with van der Waals surface area (Å²) in [7, 11) is 0. The van der Waals surface area contributed by atoms with Gasteiger partial charge in [0.1, 0.15) is 12.1 Å². The van der Waals surface area contributed by atoms with Gasteiger partial charge in [0.2, 0.25) is 5.60 Å². The van der Waals surface area contributed by atoms with E-state index in [4.69, 9.17) is 14.5 Å². The van der Waals surface area contributed by atoms with E-state index in [1.54, 1.807) is 20.8 Å². The molecule has 3 aromatic rings. The van der Waals surface area contributed by atoms with Crippen LogP contribution in [0.15, 0.2) is 77.8 Å². The number of amides is 2. The highest BCUT2D eigenvalue weighted by molar-refractivity contribution is 6.14. The second-order valence-electron chi connectivity index (χ2n) is 10.8. The molecule has 1 aliphatic heterocycles. The van der Waals surface area contributed by atoms with Crippen molar-refractivity contribution in [3.05, 3.63) is 101 Å². The van der Waals surface area contributed by atoms with Crippen molar-refractivity contribution in [2.75, 3.05) is 6.54 Å². The van der Waals surface area contributed by atoms with Gasteiger partial charge in [0.05, 0.1) is 11.4 Å². The topological polar surface area (TPSA) is 85.3 Å². The average molecular weight is 525 g/mol. The van der Waals surface area contributed by atoms with Crippen LogP contribution in [-0.2, 0) is 37.5 Å². The van der Waals surface area contributed by atoms with E-state index in [9.17, 15) is 14.4 Å². The Morgan fingerprint density at radius 1 is 0.974 bits per heavy atom. The number of nitrogens with zero attached hydrogens (tertiary/aromatic N) is 2. The number of aliphatic imine (C=N–C) groups is 1. The Kier molecular flexibility index (Phi) is 6.85. The average Bonchev–Trinajstić information content (AvgIpc) is 3.39. The summed E-state index contributed by atoms with van der Waals surface area (Å²) in [5.41, 5.74) is 4.17.